The lowest BCUT2D eigenvalue weighted by atomic mass is 9.76. The van der Waals surface area contributed by atoms with E-state index >= 15 is 0 Å². The summed E-state index contributed by atoms with van der Waals surface area (Å²) in [6.07, 6.45) is 5.34. The Kier molecular flexibility index (Phi) is 4.99. The number of fused-ring (bicyclic) bond motifs is 3. The number of methoxy groups -OCH3 is 2. The standard InChI is InChI=1S/C25H26O7/c1-29-19-10-14(11-20(30-2)23(19)28)16-12-21(27)31-18-7-6-15-17(26)13-25(8-4-3-5-9-25)32-24(15)22(16)18/h6-7,10-11,16,28H,3-5,8-9,12-13H2,1-2H3/t16-/m1/s1. The minimum atomic E-state index is -0.492. The van der Waals surface area contributed by atoms with E-state index in [-0.39, 0.29) is 35.4 Å². The Balaban J connectivity index is 1.68. The second kappa shape index (κ2) is 7.73. The van der Waals surface area contributed by atoms with Gasteiger partial charge in [-0.2, -0.15) is 0 Å². The summed E-state index contributed by atoms with van der Waals surface area (Å²) in [4.78, 5) is 25.6. The first-order valence-corrected chi connectivity index (χ1v) is 11.0. The van der Waals surface area contributed by atoms with Crippen molar-refractivity contribution in [2.75, 3.05) is 14.2 Å². The van der Waals surface area contributed by atoms with Crippen molar-refractivity contribution in [3.8, 4) is 28.7 Å². The number of hydrogen-bond donors (Lipinski definition) is 1. The van der Waals surface area contributed by atoms with Crippen molar-refractivity contribution in [3.05, 3.63) is 41.0 Å². The van der Waals surface area contributed by atoms with Crippen molar-refractivity contribution in [1.29, 1.82) is 0 Å². The number of carbonyl (C=O) groups excluding carboxylic acids is 2. The normalized spacial score (nSPS) is 21.2. The molecule has 3 aliphatic rings. The van der Waals surface area contributed by atoms with Gasteiger partial charge in [0.25, 0.3) is 0 Å². The van der Waals surface area contributed by atoms with E-state index in [0.717, 1.165) is 32.1 Å². The molecule has 0 saturated heterocycles. The van der Waals surface area contributed by atoms with E-state index in [2.05, 4.69) is 0 Å². The van der Waals surface area contributed by atoms with Gasteiger partial charge >= 0.3 is 5.97 Å². The minimum Gasteiger partial charge on any atom is -0.502 e. The smallest absolute Gasteiger partial charge is 0.312 e. The van der Waals surface area contributed by atoms with Gasteiger partial charge in [-0.1, -0.05) is 6.42 Å². The largest absolute Gasteiger partial charge is 0.502 e. The van der Waals surface area contributed by atoms with Crippen LogP contribution in [0, 0.1) is 0 Å². The summed E-state index contributed by atoms with van der Waals surface area (Å²) in [7, 11) is 2.91. The molecule has 32 heavy (non-hydrogen) atoms. The molecule has 2 heterocycles. The number of phenolic OH excluding ortho intramolecular Hbond substituents is 1. The van der Waals surface area contributed by atoms with Crippen molar-refractivity contribution in [2.24, 2.45) is 0 Å². The first-order chi connectivity index (χ1) is 15.4. The van der Waals surface area contributed by atoms with Gasteiger partial charge in [-0.25, -0.2) is 0 Å². The molecule has 1 aliphatic carbocycles. The maximum atomic E-state index is 13.1. The van der Waals surface area contributed by atoms with E-state index in [1.807, 2.05) is 0 Å². The number of ether oxygens (including phenoxy) is 4. The Morgan fingerprint density at radius 2 is 1.72 bits per heavy atom. The molecule has 1 fully saturated rings. The molecule has 0 unspecified atom stereocenters. The number of aromatic hydroxyl groups is 1. The fourth-order valence-corrected chi connectivity index (χ4v) is 5.28. The molecular formula is C25H26O7. The molecule has 2 aromatic rings. The molecule has 0 bridgehead atoms. The molecule has 7 heteroatoms. The Morgan fingerprint density at radius 1 is 1.03 bits per heavy atom. The Bertz CT molecular complexity index is 1070. The van der Waals surface area contributed by atoms with Crippen LogP contribution >= 0.6 is 0 Å². The number of hydrogen-bond acceptors (Lipinski definition) is 7. The summed E-state index contributed by atoms with van der Waals surface area (Å²) in [6.45, 7) is 0. The van der Waals surface area contributed by atoms with Crippen molar-refractivity contribution >= 4 is 11.8 Å². The molecule has 0 aromatic heterocycles. The highest BCUT2D eigenvalue weighted by Crippen LogP contribution is 2.52. The lowest BCUT2D eigenvalue weighted by Gasteiger charge is -2.42. The van der Waals surface area contributed by atoms with E-state index in [1.165, 1.54) is 14.2 Å². The van der Waals surface area contributed by atoms with Gasteiger partial charge in [0, 0.05) is 11.5 Å². The molecular weight excluding hydrogens is 412 g/mol. The van der Waals surface area contributed by atoms with Gasteiger partial charge in [0.05, 0.1) is 32.6 Å². The number of ketones is 1. The van der Waals surface area contributed by atoms with Crippen LogP contribution in [-0.4, -0.2) is 36.7 Å². The van der Waals surface area contributed by atoms with E-state index in [4.69, 9.17) is 18.9 Å². The van der Waals surface area contributed by atoms with E-state index < -0.39 is 11.5 Å². The average molecular weight is 438 g/mol. The van der Waals surface area contributed by atoms with E-state index in [0.29, 0.717) is 34.6 Å². The molecule has 1 spiro atoms. The third kappa shape index (κ3) is 3.27. The quantitative estimate of drug-likeness (QED) is 0.556. The lowest BCUT2D eigenvalue weighted by molar-refractivity contribution is -0.135. The second-order valence-electron chi connectivity index (χ2n) is 8.80. The van der Waals surface area contributed by atoms with Crippen LogP contribution in [0.25, 0.3) is 0 Å². The summed E-state index contributed by atoms with van der Waals surface area (Å²) in [5, 5.41) is 10.3. The monoisotopic (exact) mass is 438 g/mol. The summed E-state index contributed by atoms with van der Waals surface area (Å²) in [5.74, 6) is 0.545. The van der Waals surface area contributed by atoms with Crippen LogP contribution in [0.5, 0.6) is 28.7 Å². The van der Waals surface area contributed by atoms with Gasteiger partial charge in [-0.05, 0) is 55.5 Å². The van der Waals surface area contributed by atoms with Crippen LogP contribution in [0.4, 0.5) is 0 Å². The van der Waals surface area contributed by atoms with Gasteiger partial charge in [-0.3, -0.25) is 9.59 Å². The fraction of sp³-hybridized carbons (Fsp3) is 0.440. The molecule has 0 radical (unpaired) electrons. The molecule has 1 saturated carbocycles. The summed E-state index contributed by atoms with van der Waals surface area (Å²) >= 11 is 0. The lowest BCUT2D eigenvalue weighted by Crippen LogP contribution is -2.44. The highest BCUT2D eigenvalue weighted by Gasteiger charge is 2.45. The molecule has 2 aliphatic heterocycles. The van der Waals surface area contributed by atoms with Gasteiger partial charge in [0.1, 0.15) is 17.1 Å². The zero-order chi connectivity index (χ0) is 22.5. The number of phenols is 1. The molecule has 168 valence electrons. The van der Waals surface area contributed by atoms with Gasteiger partial charge in [0.15, 0.2) is 17.3 Å². The first-order valence-electron chi connectivity index (χ1n) is 11.0. The molecule has 1 atom stereocenters. The predicted molar refractivity (Wildman–Crippen MR) is 115 cm³/mol. The van der Waals surface area contributed by atoms with Crippen molar-refractivity contribution in [3.63, 3.8) is 0 Å². The molecule has 1 N–H and O–H groups in total. The maximum absolute atomic E-state index is 13.1. The number of carbonyl (C=O) groups is 2. The molecule has 5 rings (SSSR count). The van der Waals surface area contributed by atoms with Crippen molar-refractivity contribution < 1.29 is 33.6 Å². The van der Waals surface area contributed by atoms with Gasteiger partial charge in [0.2, 0.25) is 5.75 Å². The molecule has 2 aromatic carbocycles. The first kappa shape index (κ1) is 20.7. The van der Waals surface area contributed by atoms with Crippen LogP contribution in [-0.2, 0) is 4.79 Å². The number of esters is 1. The van der Waals surface area contributed by atoms with E-state index in [1.54, 1.807) is 24.3 Å². The molecule has 7 nitrogen and oxygen atoms in total. The Hall–Kier alpha value is -3.22. The number of rotatable bonds is 3. The highest BCUT2D eigenvalue weighted by molar-refractivity contribution is 6.01. The summed E-state index contributed by atoms with van der Waals surface area (Å²) in [6, 6.07) is 6.74. The topological polar surface area (TPSA) is 91.3 Å². The maximum Gasteiger partial charge on any atom is 0.312 e. The zero-order valence-electron chi connectivity index (χ0n) is 18.2. The zero-order valence-corrected chi connectivity index (χ0v) is 18.2. The fourth-order valence-electron chi connectivity index (χ4n) is 5.28. The Morgan fingerprint density at radius 3 is 2.38 bits per heavy atom. The minimum absolute atomic E-state index is 0.0625. The summed E-state index contributed by atoms with van der Waals surface area (Å²) < 4.78 is 22.8. The van der Waals surface area contributed by atoms with Crippen LogP contribution in [0.15, 0.2) is 24.3 Å². The molecule has 0 amide bonds. The van der Waals surface area contributed by atoms with Gasteiger partial charge < -0.3 is 24.1 Å². The van der Waals surface area contributed by atoms with Crippen LogP contribution in [0.1, 0.15) is 72.3 Å². The second-order valence-corrected chi connectivity index (χ2v) is 8.80. The number of Topliss-reactive ketones (excluding diaryl/α,β-unsaturated/α-hetero) is 1. The van der Waals surface area contributed by atoms with E-state index in [9.17, 15) is 14.7 Å². The number of benzene rings is 2. The SMILES string of the molecule is COc1cc([C@H]2CC(=O)Oc3ccc4c(c32)OC2(CCCCC2)CC4=O)cc(OC)c1O. The third-order valence-corrected chi connectivity index (χ3v) is 6.87. The summed E-state index contributed by atoms with van der Waals surface area (Å²) in [5.41, 5.74) is 1.44. The van der Waals surface area contributed by atoms with Crippen molar-refractivity contribution in [2.45, 2.75) is 56.5 Å². The predicted octanol–water partition coefficient (Wildman–Crippen LogP) is 4.52. The average Bonchev–Trinajstić information content (AvgIpc) is 2.78. The third-order valence-electron chi connectivity index (χ3n) is 6.87. The highest BCUT2D eigenvalue weighted by atomic mass is 16.5. The van der Waals surface area contributed by atoms with Crippen LogP contribution in [0.3, 0.4) is 0 Å². The van der Waals surface area contributed by atoms with Crippen LogP contribution < -0.4 is 18.9 Å². The van der Waals surface area contributed by atoms with Crippen LogP contribution in [0.2, 0.25) is 0 Å². The van der Waals surface area contributed by atoms with Crippen molar-refractivity contribution in [1.82, 2.24) is 0 Å². The van der Waals surface area contributed by atoms with Gasteiger partial charge in [-0.15, -0.1) is 0 Å². The Labute approximate surface area is 186 Å².